The van der Waals surface area contributed by atoms with Gasteiger partial charge in [0.25, 0.3) is 0 Å². The molecule has 0 radical (unpaired) electrons. The summed E-state index contributed by atoms with van der Waals surface area (Å²) >= 11 is 0. The van der Waals surface area contributed by atoms with E-state index in [1.54, 1.807) is 0 Å². The van der Waals surface area contributed by atoms with Crippen molar-refractivity contribution in [1.82, 2.24) is 0 Å². The number of ether oxygens (including phenoxy) is 1. The third kappa shape index (κ3) is 3.83. The second-order valence-corrected chi connectivity index (χ2v) is 3.01. The Balaban J connectivity index is 3.75. The first-order valence-electron chi connectivity index (χ1n) is 4.49. The zero-order valence-corrected chi connectivity index (χ0v) is 8.17. The fourth-order valence-electron chi connectivity index (χ4n) is 0.870. The largest absolute Gasteiger partial charge is 0.374 e. The van der Waals surface area contributed by atoms with Crippen molar-refractivity contribution in [2.24, 2.45) is 11.7 Å². The van der Waals surface area contributed by atoms with Crippen molar-refractivity contribution in [3.05, 3.63) is 0 Å². The van der Waals surface area contributed by atoms with Gasteiger partial charge in [0, 0.05) is 6.61 Å². The summed E-state index contributed by atoms with van der Waals surface area (Å²) in [5, 5.41) is 0. The van der Waals surface area contributed by atoms with Crippen LogP contribution in [-0.4, -0.2) is 25.0 Å². The maximum Gasteiger partial charge on any atom is 0.175 e. The fourth-order valence-corrected chi connectivity index (χ4v) is 0.870. The normalized spacial score (nSPS) is 15.7. The third-order valence-corrected chi connectivity index (χ3v) is 2.08. The van der Waals surface area contributed by atoms with Gasteiger partial charge in [0.15, 0.2) is 5.78 Å². The molecule has 0 heterocycles. The molecule has 0 aromatic carbocycles. The fraction of sp³-hybridized carbons (Fsp3) is 0.889. The molecule has 0 aromatic rings. The van der Waals surface area contributed by atoms with E-state index in [0.717, 1.165) is 6.42 Å². The molecule has 0 aliphatic rings. The summed E-state index contributed by atoms with van der Waals surface area (Å²) in [5.41, 5.74) is 5.68. The van der Waals surface area contributed by atoms with Gasteiger partial charge in [-0.1, -0.05) is 20.3 Å². The summed E-state index contributed by atoms with van der Waals surface area (Å²) < 4.78 is 4.98. The van der Waals surface area contributed by atoms with Crippen molar-refractivity contribution in [2.45, 2.75) is 33.2 Å². The lowest BCUT2D eigenvalue weighted by Crippen LogP contribution is -2.38. The van der Waals surface area contributed by atoms with E-state index in [1.807, 2.05) is 20.8 Å². The molecule has 2 N–H and O–H groups in total. The third-order valence-electron chi connectivity index (χ3n) is 2.08. The van der Waals surface area contributed by atoms with E-state index in [-0.39, 0.29) is 24.3 Å². The number of ketones is 1. The van der Waals surface area contributed by atoms with Crippen LogP contribution >= 0.6 is 0 Å². The quantitative estimate of drug-likeness (QED) is 0.651. The molecular formula is C9H19NO2. The Hall–Kier alpha value is -0.410. The van der Waals surface area contributed by atoms with Gasteiger partial charge in [-0.2, -0.15) is 0 Å². The van der Waals surface area contributed by atoms with Gasteiger partial charge in [-0.15, -0.1) is 0 Å². The lowest BCUT2D eigenvalue weighted by atomic mass is 9.97. The van der Waals surface area contributed by atoms with Gasteiger partial charge >= 0.3 is 0 Å². The molecule has 0 saturated heterocycles. The van der Waals surface area contributed by atoms with Crippen LogP contribution in [0.25, 0.3) is 0 Å². The number of carbonyl (C=O) groups excluding carboxylic acids is 1. The maximum absolute atomic E-state index is 11.3. The van der Waals surface area contributed by atoms with Crippen molar-refractivity contribution in [3.8, 4) is 0 Å². The number of hydrogen-bond donors (Lipinski definition) is 1. The van der Waals surface area contributed by atoms with Crippen molar-refractivity contribution in [3.63, 3.8) is 0 Å². The van der Waals surface area contributed by atoms with Crippen LogP contribution in [0.5, 0.6) is 0 Å². The van der Waals surface area contributed by atoms with E-state index in [0.29, 0.717) is 6.61 Å². The van der Waals surface area contributed by atoms with Crippen LogP contribution in [0.2, 0.25) is 0 Å². The highest BCUT2D eigenvalue weighted by Crippen LogP contribution is 2.05. The summed E-state index contributed by atoms with van der Waals surface area (Å²) in [4.78, 5) is 11.3. The molecule has 0 saturated carbocycles. The molecular weight excluding hydrogens is 154 g/mol. The Morgan fingerprint density at radius 2 is 2.08 bits per heavy atom. The predicted molar refractivity (Wildman–Crippen MR) is 48.9 cm³/mol. The van der Waals surface area contributed by atoms with Gasteiger partial charge in [0.1, 0.15) is 6.61 Å². The van der Waals surface area contributed by atoms with E-state index in [4.69, 9.17) is 10.5 Å². The number of carbonyl (C=O) groups is 1. The lowest BCUT2D eigenvalue weighted by Gasteiger charge is -2.16. The topological polar surface area (TPSA) is 52.3 Å². The van der Waals surface area contributed by atoms with Crippen LogP contribution < -0.4 is 5.73 Å². The van der Waals surface area contributed by atoms with Crippen LogP contribution in [0.3, 0.4) is 0 Å². The van der Waals surface area contributed by atoms with Gasteiger partial charge in [-0.25, -0.2) is 0 Å². The second-order valence-electron chi connectivity index (χ2n) is 3.01. The Morgan fingerprint density at radius 1 is 1.50 bits per heavy atom. The highest BCUT2D eigenvalue weighted by atomic mass is 16.5. The molecule has 0 spiro atoms. The molecule has 3 heteroatoms. The van der Waals surface area contributed by atoms with Crippen molar-refractivity contribution < 1.29 is 9.53 Å². The van der Waals surface area contributed by atoms with Gasteiger partial charge in [0.05, 0.1) is 6.04 Å². The molecule has 0 rings (SSSR count). The van der Waals surface area contributed by atoms with Crippen LogP contribution in [0.4, 0.5) is 0 Å². The maximum atomic E-state index is 11.3. The number of hydrogen-bond acceptors (Lipinski definition) is 3. The predicted octanol–water partition coefficient (Wildman–Crippen LogP) is 0.965. The average molecular weight is 173 g/mol. The molecule has 0 aliphatic carbocycles. The minimum atomic E-state index is -0.360. The highest BCUT2D eigenvalue weighted by molar-refractivity contribution is 5.85. The summed E-state index contributed by atoms with van der Waals surface area (Å²) in [6, 6.07) is -0.360. The van der Waals surface area contributed by atoms with Crippen molar-refractivity contribution >= 4 is 5.78 Å². The van der Waals surface area contributed by atoms with E-state index < -0.39 is 0 Å². The molecule has 0 fully saturated rings. The Morgan fingerprint density at radius 3 is 2.50 bits per heavy atom. The van der Waals surface area contributed by atoms with Gasteiger partial charge < -0.3 is 10.5 Å². The molecule has 12 heavy (non-hydrogen) atoms. The molecule has 0 aliphatic heterocycles. The first-order valence-corrected chi connectivity index (χ1v) is 4.49. The minimum absolute atomic E-state index is 0.00574. The first-order chi connectivity index (χ1) is 5.63. The molecule has 3 nitrogen and oxygen atoms in total. The summed E-state index contributed by atoms with van der Waals surface area (Å²) in [6.07, 6.45) is 0.930. The Labute approximate surface area is 74.3 Å². The monoisotopic (exact) mass is 173 g/mol. The second kappa shape index (κ2) is 6.14. The zero-order chi connectivity index (χ0) is 9.56. The standard InChI is InChI=1S/C9H19NO2/c1-4-7(3)9(10)8(11)6-12-5-2/h7,9H,4-6,10H2,1-3H3. The Kier molecular flexibility index (Phi) is 5.93. The Bertz CT molecular complexity index is 136. The van der Waals surface area contributed by atoms with E-state index in [2.05, 4.69) is 0 Å². The SMILES string of the molecule is CCOCC(=O)C(N)C(C)CC. The van der Waals surface area contributed by atoms with Crippen LogP contribution in [0.15, 0.2) is 0 Å². The summed E-state index contributed by atoms with van der Waals surface area (Å²) in [5.74, 6) is 0.254. The first kappa shape index (κ1) is 11.6. The number of Topliss-reactive ketones (excluding diaryl/α,β-unsaturated/α-hetero) is 1. The van der Waals surface area contributed by atoms with Crippen molar-refractivity contribution in [1.29, 1.82) is 0 Å². The number of nitrogens with two attached hydrogens (primary N) is 1. The van der Waals surface area contributed by atoms with Crippen LogP contribution in [-0.2, 0) is 9.53 Å². The van der Waals surface area contributed by atoms with Gasteiger partial charge in [-0.3, -0.25) is 4.79 Å². The summed E-state index contributed by atoms with van der Waals surface area (Å²) in [7, 11) is 0. The molecule has 72 valence electrons. The molecule has 0 aromatic heterocycles. The minimum Gasteiger partial charge on any atom is -0.374 e. The molecule has 0 bridgehead atoms. The van der Waals surface area contributed by atoms with E-state index in [9.17, 15) is 4.79 Å². The molecule has 2 unspecified atom stereocenters. The van der Waals surface area contributed by atoms with E-state index >= 15 is 0 Å². The van der Waals surface area contributed by atoms with Crippen LogP contribution in [0.1, 0.15) is 27.2 Å². The lowest BCUT2D eigenvalue weighted by molar-refractivity contribution is -0.125. The van der Waals surface area contributed by atoms with Crippen LogP contribution in [0, 0.1) is 5.92 Å². The molecule has 0 amide bonds. The average Bonchev–Trinajstić information content (AvgIpc) is 2.11. The number of rotatable bonds is 6. The summed E-state index contributed by atoms with van der Waals surface area (Å²) in [6.45, 7) is 6.59. The van der Waals surface area contributed by atoms with Gasteiger partial charge in [0.2, 0.25) is 0 Å². The van der Waals surface area contributed by atoms with Gasteiger partial charge in [-0.05, 0) is 12.8 Å². The zero-order valence-electron chi connectivity index (χ0n) is 8.17. The highest BCUT2D eigenvalue weighted by Gasteiger charge is 2.18. The smallest absolute Gasteiger partial charge is 0.175 e. The van der Waals surface area contributed by atoms with Crippen molar-refractivity contribution in [2.75, 3.05) is 13.2 Å². The molecule has 2 atom stereocenters. The van der Waals surface area contributed by atoms with E-state index in [1.165, 1.54) is 0 Å².